The summed E-state index contributed by atoms with van der Waals surface area (Å²) in [4.78, 5) is 234. The van der Waals surface area contributed by atoms with Gasteiger partial charge in [0.1, 0.15) is 73.1 Å². The Morgan fingerprint density at radius 1 is 0.577 bits per heavy atom. The number of unbranched alkanes of at least 4 members (excludes halogenated alkanes) is 11. The third-order valence-electron chi connectivity index (χ3n) is 22.0. The van der Waals surface area contributed by atoms with E-state index in [-0.39, 0.29) is 115 Å². The average molecular weight is 1820 g/mol. The van der Waals surface area contributed by atoms with Crippen molar-refractivity contribution in [2.45, 2.75) is 266 Å². The Bertz CT molecular complexity index is 4310. The molecule has 0 aliphatic carbocycles. The number of nitrogens with one attached hydrogen (secondary N) is 17. The third-order valence-corrected chi connectivity index (χ3v) is 22.0. The molecule has 0 bridgehead atoms. The summed E-state index contributed by atoms with van der Waals surface area (Å²) in [6.45, 7) is 0.646. The molecule has 2 aromatic heterocycles. The lowest BCUT2D eigenvalue weighted by molar-refractivity contribution is -0.143. The van der Waals surface area contributed by atoms with Crippen LogP contribution in [-0.4, -0.2) is 281 Å². The normalized spacial score (nSPS) is 19.1. The smallest absolute Gasteiger partial charge is 0.246 e. The van der Waals surface area contributed by atoms with Crippen molar-refractivity contribution in [2.75, 3.05) is 72.4 Å². The Morgan fingerprint density at radius 3 is 1.85 bits per heavy atom. The van der Waals surface area contributed by atoms with Gasteiger partial charge in [-0.15, -0.1) is 0 Å². The second-order valence-electron chi connectivity index (χ2n) is 32.4. The van der Waals surface area contributed by atoms with Crippen LogP contribution in [0.25, 0.3) is 10.9 Å². The van der Waals surface area contributed by atoms with E-state index in [0.717, 1.165) is 24.2 Å². The van der Waals surface area contributed by atoms with E-state index in [1.54, 1.807) is 61.7 Å². The molecule has 718 valence electrons. The molecular weight excluding hydrogens is 1690 g/mol. The molecule has 6 rings (SSSR count). The van der Waals surface area contributed by atoms with Crippen LogP contribution in [0.3, 0.4) is 0 Å². The molecule has 130 heavy (non-hydrogen) atoms. The van der Waals surface area contributed by atoms with Gasteiger partial charge in [0.2, 0.25) is 94.5 Å². The number of para-hydroxylation sites is 1. The minimum Gasteiger partial charge on any atom is -0.394 e. The van der Waals surface area contributed by atoms with Crippen LogP contribution in [0.1, 0.15) is 191 Å². The number of amides is 16. The Balaban J connectivity index is 1.13. The number of guanidine groups is 1. The van der Waals surface area contributed by atoms with Gasteiger partial charge in [0.25, 0.3) is 0 Å². The number of imidazole rings is 1. The second kappa shape index (κ2) is 59.1. The molecule has 2 saturated heterocycles. The number of rotatable bonds is 52. The maximum atomic E-state index is 15.3. The molecule has 43 nitrogen and oxygen atoms in total. The molecule has 2 aliphatic rings. The molecule has 16 amide bonds. The molecule has 0 unspecified atom stereocenters. The van der Waals surface area contributed by atoms with E-state index in [1.807, 2.05) is 6.07 Å². The first kappa shape index (κ1) is 107. The van der Waals surface area contributed by atoms with Crippen molar-refractivity contribution in [1.82, 2.24) is 94.3 Å². The molecule has 2 aliphatic heterocycles. The van der Waals surface area contributed by atoms with Crippen LogP contribution in [0.2, 0.25) is 0 Å². The zero-order valence-corrected chi connectivity index (χ0v) is 74.3. The van der Waals surface area contributed by atoms with Gasteiger partial charge in [-0.05, 0) is 75.0 Å². The minimum atomic E-state index is -1.92. The summed E-state index contributed by atoms with van der Waals surface area (Å²) in [7, 11) is 0. The van der Waals surface area contributed by atoms with Crippen LogP contribution < -0.4 is 91.6 Å². The quantitative estimate of drug-likeness (QED) is 0.0119. The van der Waals surface area contributed by atoms with Gasteiger partial charge in [-0.25, -0.2) is 4.98 Å². The van der Waals surface area contributed by atoms with Crippen LogP contribution in [0.15, 0.2) is 73.3 Å². The number of aliphatic hydroxyl groups is 3. The fourth-order valence-electron chi connectivity index (χ4n) is 14.7. The monoisotopic (exact) mass is 1820 g/mol. The van der Waals surface area contributed by atoms with Crippen molar-refractivity contribution in [3.05, 3.63) is 90.1 Å². The number of H-pyrrole nitrogens is 2. The third kappa shape index (κ3) is 39.4. The summed E-state index contributed by atoms with van der Waals surface area (Å²) in [6.07, 6.45) is 13.8. The van der Waals surface area contributed by atoms with E-state index in [9.17, 15) is 87.2 Å². The number of ether oxygens (including phenoxy) is 2. The van der Waals surface area contributed by atoms with Crippen LogP contribution in [0.5, 0.6) is 0 Å². The molecule has 12 atom stereocenters. The first-order valence-electron chi connectivity index (χ1n) is 44.9. The number of carbonyl (C=O) groups is 16. The van der Waals surface area contributed by atoms with E-state index in [1.165, 1.54) is 63.9 Å². The number of nitrogens with zero attached hydrogens (tertiary/aromatic N) is 2. The highest BCUT2D eigenvalue weighted by Crippen LogP contribution is 2.24. The number of benzene rings is 2. The van der Waals surface area contributed by atoms with E-state index >= 15 is 4.79 Å². The van der Waals surface area contributed by atoms with E-state index in [0.29, 0.717) is 34.9 Å². The van der Waals surface area contributed by atoms with Gasteiger partial charge in [0.15, 0.2) is 5.96 Å². The highest BCUT2D eigenvalue weighted by atomic mass is 16.5. The number of fused-ring (bicyclic) bond motifs is 2. The first-order chi connectivity index (χ1) is 62.5. The number of hydrogen-bond donors (Lipinski definition) is 23. The van der Waals surface area contributed by atoms with Gasteiger partial charge in [-0.2, -0.15) is 0 Å². The van der Waals surface area contributed by atoms with Crippen LogP contribution in [-0.2, 0) is 105 Å². The van der Waals surface area contributed by atoms with Gasteiger partial charge in [0, 0.05) is 94.4 Å². The molecule has 4 heterocycles. The number of hydrogen-bond acceptors (Lipinski definition) is 23. The van der Waals surface area contributed by atoms with E-state index < -0.39 is 233 Å². The second-order valence-corrected chi connectivity index (χ2v) is 32.4. The molecule has 2 aromatic carbocycles. The predicted octanol–water partition coefficient (Wildman–Crippen LogP) is -3.04. The van der Waals surface area contributed by atoms with Gasteiger partial charge in [-0.1, -0.05) is 139 Å². The van der Waals surface area contributed by atoms with Crippen molar-refractivity contribution >= 4 is 111 Å². The van der Waals surface area contributed by atoms with E-state index in [4.69, 9.17) is 32.1 Å². The lowest BCUT2D eigenvalue weighted by Gasteiger charge is -2.31. The van der Waals surface area contributed by atoms with Crippen LogP contribution in [0, 0.1) is 5.41 Å². The summed E-state index contributed by atoms with van der Waals surface area (Å²) in [5.74, 6) is -15.0. The number of carbonyl (C=O) groups excluding carboxylic acids is 16. The molecular formula is C87H134N22O21. The Labute approximate surface area is 755 Å². The summed E-state index contributed by atoms with van der Waals surface area (Å²) >= 11 is 0. The maximum absolute atomic E-state index is 15.3. The molecule has 43 heteroatoms. The van der Waals surface area contributed by atoms with Gasteiger partial charge in [0.05, 0.1) is 57.7 Å². The zero-order valence-electron chi connectivity index (χ0n) is 74.3. The van der Waals surface area contributed by atoms with Crippen molar-refractivity contribution < 1.29 is 102 Å². The Hall–Kier alpha value is -12.2. The Kier molecular flexibility index (Phi) is 48.4. The largest absolute Gasteiger partial charge is 0.394 e. The van der Waals surface area contributed by atoms with Gasteiger partial charge >= 0.3 is 0 Å². The molecule has 0 saturated carbocycles. The maximum Gasteiger partial charge on any atom is 0.246 e. The molecule has 0 spiro atoms. The summed E-state index contributed by atoms with van der Waals surface area (Å²) in [5.41, 5.74) is 18.9. The van der Waals surface area contributed by atoms with Crippen molar-refractivity contribution in [2.24, 2.45) is 17.2 Å². The van der Waals surface area contributed by atoms with Crippen LogP contribution >= 0.6 is 0 Å². The molecule has 0 radical (unpaired) electrons. The summed E-state index contributed by atoms with van der Waals surface area (Å²) in [6, 6.07) is -2.20. The number of primary amides is 2. The SMILES string of the molecule is CCCCCCCCCCCCCC(=O)NCCOCCOCC(=O)NCC(=O)N[C@@H](CO)C(=O)N[C@@H](CCC(N)=O)C(=O)N[C@@H](Cc1c[nH]cn1)C(=O)N[C@@H](CO)C(=O)N[C@@H](CCCC)C(=O)N[C@H]1CCC(=O)NCCCC[C@@H](C(N)=O)NC(=O)[C@H](Cc2c[nH]c3ccccc23)NC(=O)[C@H](CCCNC(=N)N)NC(=O)[C@@H](Cc2ccccc2)NC(=O)[C@@H]2C[C@@H](O)CN2C1=O. The van der Waals surface area contributed by atoms with E-state index in [2.05, 4.69) is 96.3 Å². The predicted molar refractivity (Wildman–Crippen MR) is 475 cm³/mol. The number of nitrogens with two attached hydrogens (primary N) is 3. The summed E-state index contributed by atoms with van der Waals surface area (Å²) in [5, 5.41) is 76.8. The molecule has 26 N–H and O–H groups in total. The fraction of sp³-hybridized carbons (Fsp3) is 0.609. The highest BCUT2D eigenvalue weighted by molar-refractivity contribution is 6.01. The highest BCUT2D eigenvalue weighted by Gasteiger charge is 2.44. The number of aliphatic hydroxyl groups excluding tert-OH is 3. The number of aromatic amines is 2. The van der Waals surface area contributed by atoms with Crippen LogP contribution in [0.4, 0.5) is 0 Å². The Morgan fingerprint density at radius 2 is 1.18 bits per heavy atom. The van der Waals surface area contributed by atoms with Crippen molar-refractivity contribution in [3.63, 3.8) is 0 Å². The minimum absolute atomic E-state index is 0.00839. The van der Waals surface area contributed by atoms with Crippen molar-refractivity contribution in [1.29, 1.82) is 5.41 Å². The number of aromatic nitrogens is 3. The van der Waals surface area contributed by atoms with Crippen molar-refractivity contribution in [3.8, 4) is 0 Å². The molecule has 2 fully saturated rings. The lowest BCUT2D eigenvalue weighted by Crippen LogP contribution is -2.61. The average Bonchev–Trinajstić information content (AvgIpc) is 1.04. The lowest BCUT2D eigenvalue weighted by atomic mass is 10.0. The first-order valence-corrected chi connectivity index (χ1v) is 44.9. The topological polar surface area (TPSA) is 670 Å². The standard InChI is InChI=1S/C87H134N22O21/c1-3-5-7-8-9-10-11-12-13-14-18-31-72(114)94-38-39-129-40-41-130-52-75(117)97-48-74(116)99-68(50-110)83(125)103-63(32-34-71(88)113)79(121)106-67(44-56-47-92-53-98-56)82(124)108-69(51-111)84(126)102-61(27-6-4-2)77(119)104-64-33-35-73(115)93-36-22-21-29-60(76(89)118)100-81(123)66(43-55-46-96-59-28-20-19-26-58(55)59)105-78(120)62(30-23-37-95-87(90)91)101-80(122)65(42-54-24-16-15-17-25-54)107-85(127)70-45-57(112)49-109(70)86(64)128/h15-17,19-20,24-26,28,46-47,53,57,60-70,96,110-112H,3-14,18,21-23,27,29-45,48-52H2,1-2H3,(H2,88,113)(H2,89,118)(H,92,98)(H,93,115)(H,94,114)(H,97,117)(H,99,116)(H,100,123)(H,101,122)(H,102,126)(H,103,125)(H,104,119)(H,105,120)(H,106,121)(H,107,127)(H,108,124)(H4,90,91,95)/t57-,60+,61+,62+,63+,64+,65-,66+,67+,68+,69+,70+/m1/s1. The molecule has 4 aromatic rings. The fourth-order valence-corrected chi connectivity index (χ4v) is 14.7. The van der Waals surface area contributed by atoms with Gasteiger partial charge in [-0.3, -0.25) is 82.1 Å². The van der Waals surface area contributed by atoms with Gasteiger partial charge < -0.3 is 131 Å². The summed E-state index contributed by atoms with van der Waals surface area (Å²) < 4.78 is 10.8. The zero-order chi connectivity index (χ0) is 94.7.